The van der Waals surface area contributed by atoms with Crippen LogP contribution < -0.4 is 20.5 Å². The molecule has 1 aliphatic heterocycles. The van der Waals surface area contributed by atoms with Crippen LogP contribution in [0.4, 0.5) is 36.8 Å². The predicted octanol–water partition coefficient (Wildman–Crippen LogP) is 7.57. The number of alkyl halides is 6. The predicted molar refractivity (Wildman–Crippen MR) is 155 cm³/mol. The number of ether oxygens (including phenoxy) is 2. The molecule has 0 saturated heterocycles. The molecule has 0 aliphatic carbocycles. The summed E-state index contributed by atoms with van der Waals surface area (Å²) in [7, 11) is 1.47. The Morgan fingerprint density at radius 1 is 1.02 bits per heavy atom. The van der Waals surface area contributed by atoms with Crippen LogP contribution in [0.1, 0.15) is 64.8 Å². The zero-order chi connectivity index (χ0) is 32.4. The summed E-state index contributed by atoms with van der Waals surface area (Å²) in [6, 6.07) is 10.4. The van der Waals surface area contributed by atoms with E-state index in [2.05, 4.69) is 13.8 Å². The fraction of sp³-hybridized carbons (Fsp3) is 0.406. The second-order valence-electron chi connectivity index (χ2n) is 11.1. The van der Waals surface area contributed by atoms with Crippen molar-refractivity contribution >= 4 is 11.7 Å². The summed E-state index contributed by atoms with van der Waals surface area (Å²) in [5, 5.41) is 1.90. The van der Waals surface area contributed by atoms with Crippen LogP contribution in [-0.2, 0) is 19.0 Å². The number of rotatable bonds is 8. The number of hydrogen-bond acceptors (Lipinski definition) is 4. The van der Waals surface area contributed by atoms with Crippen molar-refractivity contribution in [2.75, 3.05) is 32.5 Å². The Bertz CT molecular complexity index is 1500. The van der Waals surface area contributed by atoms with E-state index in [1.165, 1.54) is 25.0 Å². The maximum absolute atomic E-state index is 13.4. The Morgan fingerprint density at radius 3 is 2.34 bits per heavy atom. The van der Waals surface area contributed by atoms with Crippen molar-refractivity contribution in [3.63, 3.8) is 0 Å². The van der Waals surface area contributed by atoms with Gasteiger partial charge in [-0.1, -0.05) is 32.0 Å². The number of amides is 2. The first-order chi connectivity index (χ1) is 20.6. The molecule has 3 N–H and O–H groups in total. The quantitative estimate of drug-likeness (QED) is 0.201. The molecule has 0 bridgehead atoms. The highest BCUT2D eigenvalue weighted by Gasteiger charge is 2.37. The third-order valence-corrected chi connectivity index (χ3v) is 7.67. The van der Waals surface area contributed by atoms with E-state index in [1.54, 1.807) is 12.1 Å². The molecule has 0 aromatic heterocycles. The molecule has 1 unspecified atom stereocenters. The maximum Gasteiger partial charge on any atom is 0.416 e. The van der Waals surface area contributed by atoms with Gasteiger partial charge >= 0.3 is 18.4 Å². The molecule has 12 heteroatoms. The lowest BCUT2D eigenvalue weighted by Gasteiger charge is -2.39. The minimum Gasteiger partial charge on any atom is -0.493 e. The maximum atomic E-state index is 13.4. The second-order valence-corrected chi connectivity index (χ2v) is 11.1. The van der Waals surface area contributed by atoms with Gasteiger partial charge in [0.1, 0.15) is 6.54 Å². The lowest BCUT2D eigenvalue weighted by Crippen LogP contribution is -2.48. The summed E-state index contributed by atoms with van der Waals surface area (Å²) < 4.78 is 90.8. The van der Waals surface area contributed by atoms with E-state index in [9.17, 15) is 31.1 Å². The van der Waals surface area contributed by atoms with Crippen molar-refractivity contribution < 1.29 is 40.6 Å². The van der Waals surface area contributed by atoms with Crippen molar-refractivity contribution in [2.45, 2.75) is 57.9 Å². The number of hydrogen-bond donors (Lipinski definition) is 2. The van der Waals surface area contributed by atoms with Crippen LogP contribution in [0.2, 0.25) is 0 Å². The number of nitrogens with two attached hydrogens (primary N) is 1. The normalized spacial score (nSPS) is 15.2. The van der Waals surface area contributed by atoms with Crippen LogP contribution in [0.15, 0.2) is 48.5 Å². The summed E-state index contributed by atoms with van der Waals surface area (Å²) in [4.78, 5) is 14.3. The summed E-state index contributed by atoms with van der Waals surface area (Å²) in [5.41, 5.74) is 9.83. The van der Waals surface area contributed by atoms with Crippen LogP contribution in [0, 0.1) is 6.92 Å². The number of nitrogens with zero attached hydrogens (tertiary/aromatic N) is 1. The van der Waals surface area contributed by atoms with Gasteiger partial charge in [0.25, 0.3) is 0 Å². The van der Waals surface area contributed by atoms with E-state index in [-0.39, 0.29) is 31.1 Å². The zero-order valence-electron chi connectivity index (χ0n) is 24.8. The number of methoxy groups -OCH3 is 1. The number of nitrogens with one attached hydrogen (secondary N) is 1. The average Bonchev–Trinajstić information content (AvgIpc) is 2.94. The molecule has 238 valence electrons. The van der Waals surface area contributed by atoms with Crippen molar-refractivity contribution in [1.82, 2.24) is 10.2 Å². The van der Waals surface area contributed by atoms with E-state index in [1.807, 2.05) is 23.5 Å². The lowest BCUT2D eigenvalue weighted by molar-refractivity contribution is -0.137. The molecule has 0 saturated carbocycles. The fourth-order valence-electron chi connectivity index (χ4n) is 5.47. The number of aryl methyl sites for hydroxylation is 1. The molecule has 1 atom stereocenters. The van der Waals surface area contributed by atoms with Gasteiger partial charge in [-0.25, -0.2) is 4.79 Å². The van der Waals surface area contributed by atoms with Gasteiger partial charge in [0.15, 0.2) is 11.5 Å². The van der Waals surface area contributed by atoms with E-state index in [0.29, 0.717) is 34.7 Å². The topological polar surface area (TPSA) is 76.8 Å². The summed E-state index contributed by atoms with van der Waals surface area (Å²) >= 11 is 0. The van der Waals surface area contributed by atoms with E-state index in [4.69, 9.17) is 15.2 Å². The molecule has 2 amide bonds. The molecule has 4 rings (SSSR count). The molecule has 0 spiro atoms. The van der Waals surface area contributed by atoms with Crippen molar-refractivity contribution in [3.05, 3.63) is 87.5 Å². The Kier molecular flexibility index (Phi) is 9.60. The van der Waals surface area contributed by atoms with Crippen LogP contribution in [0.25, 0.3) is 0 Å². The zero-order valence-corrected chi connectivity index (χ0v) is 24.8. The number of nitrogen functional groups attached to an aromatic ring is 1. The average molecular weight is 624 g/mol. The number of carbonyl (C=O) groups is 1. The van der Waals surface area contributed by atoms with Gasteiger partial charge in [-0.15, -0.1) is 0 Å². The Balaban J connectivity index is 1.70. The Hall–Kier alpha value is -4.09. The lowest BCUT2D eigenvalue weighted by atomic mass is 9.85. The summed E-state index contributed by atoms with van der Waals surface area (Å²) in [5.74, 6) is 1.01. The standard InChI is InChI=1S/C32H35F6N3O3/c1-18(2)23-7-5-20(14-26(23)39)10-12-44-28-16-25-21(15-27(28)43-4)9-11-41(30(42)40-17-31(33,34)35)29(25)24-8-6-22(13-19(24)3)32(36,37)38/h5-8,13-16,18,29H,9-12,17,39H2,1-4H3,(H,40,42). The number of halogens is 6. The first-order valence-electron chi connectivity index (χ1n) is 14.1. The van der Waals surface area contributed by atoms with Gasteiger partial charge in [-0.05, 0) is 83.0 Å². The highest BCUT2D eigenvalue weighted by Crippen LogP contribution is 2.43. The van der Waals surface area contributed by atoms with Gasteiger partial charge in [0.05, 0.1) is 25.3 Å². The van der Waals surface area contributed by atoms with Gasteiger partial charge < -0.3 is 25.4 Å². The highest BCUT2D eigenvalue weighted by molar-refractivity contribution is 5.76. The first-order valence-corrected chi connectivity index (χ1v) is 14.1. The van der Waals surface area contributed by atoms with Crippen molar-refractivity contribution in [2.24, 2.45) is 0 Å². The largest absolute Gasteiger partial charge is 0.493 e. The highest BCUT2D eigenvalue weighted by atomic mass is 19.4. The molecule has 3 aromatic carbocycles. The fourth-order valence-corrected chi connectivity index (χ4v) is 5.47. The van der Waals surface area contributed by atoms with Gasteiger partial charge in [-0.3, -0.25) is 0 Å². The minimum atomic E-state index is -4.64. The minimum absolute atomic E-state index is 0.0268. The molecule has 1 aliphatic rings. The molecule has 44 heavy (non-hydrogen) atoms. The van der Waals surface area contributed by atoms with Crippen LogP contribution in [0.5, 0.6) is 11.5 Å². The summed E-state index contributed by atoms with van der Waals surface area (Å²) in [6.07, 6.45) is -8.44. The van der Waals surface area contributed by atoms with Crippen LogP contribution in [-0.4, -0.2) is 43.9 Å². The molecule has 3 aromatic rings. The Morgan fingerprint density at radius 2 is 1.75 bits per heavy atom. The third-order valence-electron chi connectivity index (χ3n) is 7.67. The van der Waals surface area contributed by atoms with Gasteiger partial charge in [0, 0.05) is 18.7 Å². The molecule has 0 radical (unpaired) electrons. The van der Waals surface area contributed by atoms with E-state index < -0.39 is 36.5 Å². The molecule has 6 nitrogen and oxygen atoms in total. The van der Waals surface area contributed by atoms with E-state index in [0.717, 1.165) is 28.8 Å². The van der Waals surface area contributed by atoms with Crippen LogP contribution >= 0.6 is 0 Å². The molecule has 0 fully saturated rings. The molecular formula is C32H35F6N3O3. The number of fused-ring (bicyclic) bond motifs is 1. The van der Waals surface area contributed by atoms with E-state index >= 15 is 0 Å². The number of benzene rings is 3. The first kappa shape index (κ1) is 32.8. The molecular weight excluding hydrogens is 588 g/mol. The second kappa shape index (κ2) is 12.9. The van der Waals surface area contributed by atoms with Crippen LogP contribution in [0.3, 0.4) is 0 Å². The monoisotopic (exact) mass is 623 g/mol. The smallest absolute Gasteiger partial charge is 0.416 e. The number of carbonyl (C=O) groups excluding carboxylic acids is 1. The summed E-state index contributed by atoms with van der Waals surface area (Å²) in [6.45, 7) is 4.29. The van der Waals surface area contributed by atoms with Crippen molar-refractivity contribution in [1.29, 1.82) is 0 Å². The van der Waals surface area contributed by atoms with Gasteiger partial charge in [-0.2, -0.15) is 26.3 Å². The van der Waals surface area contributed by atoms with Gasteiger partial charge in [0.2, 0.25) is 0 Å². The number of urea groups is 1. The SMILES string of the molecule is COc1cc2c(cc1OCCc1ccc(C(C)C)c(N)c1)C(c1ccc(C(F)(F)F)cc1C)N(C(=O)NCC(F)(F)F)CC2. The molecule has 1 heterocycles. The third kappa shape index (κ3) is 7.51. The van der Waals surface area contributed by atoms with Crippen molar-refractivity contribution in [3.8, 4) is 11.5 Å². The Labute approximate surface area is 252 Å². The number of anilines is 1.